The smallest absolute Gasteiger partial charge is 0.137 e. The summed E-state index contributed by atoms with van der Waals surface area (Å²) in [6, 6.07) is 9.60. The zero-order valence-corrected chi connectivity index (χ0v) is 6.87. The maximum atomic E-state index is 12.7. The highest BCUT2D eigenvalue weighted by atomic mass is 19.1. The molecule has 0 fully saturated rings. The van der Waals surface area contributed by atoms with E-state index in [1.54, 1.807) is 12.1 Å². The molecule has 0 bridgehead atoms. The molecule has 0 atom stereocenters. The second-order valence-electron chi connectivity index (χ2n) is 2.64. The molecule has 0 aliphatic carbocycles. The van der Waals surface area contributed by atoms with Gasteiger partial charge in [0.1, 0.15) is 11.7 Å². The standard InChI is InChI=1S/C10H7FN2/c11-10-3-1-2-8(5-10)4-9(6-12)7-13/h1-3,5,9H,4H2. The molecule has 0 aliphatic rings. The predicted molar refractivity (Wildman–Crippen MR) is 44.8 cm³/mol. The lowest BCUT2D eigenvalue weighted by atomic mass is 10.0. The molecule has 3 heteroatoms. The van der Waals surface area contributed by atoms with E-state index in [4.69, 9.17) is 10.5 Å². The van der Waals surface area contributed by atoms with Crippen LogP contribution in [0.4, 0.5) is 4.39 Å². The van der Waals surface area contributed by atoms with E-state index in [2.05, 4.69) is 0 Å². The fourth-order valence-corrected chi connectivity index (χ4v) is 1.02. The van der Waals surface area contributed by atoms with Gasteiger partial charge < -0.3 is 0 Å². The molecule has 0 radical (unpaired) electrons. The van der Waals surface area contributed by atoms with Gasteiger partial charge in [0.25, 0.3) is 0 Å². The lowest BCUT2D eigenvalue weighted by Gasteiger charge is -1.99. The van der Waals surface area contributed by atoms with Crippen LogP contribution in [0.5, 0.6) is 0 Å². The van der Waals surface area contributed by atoms with Crippen molar-refractivity contribution in [1.29, 1.82) is 10.5 Å². The third-order valence-corrected chi connectivity index (χ3v) is 1.64. The fourth-order valence-electron chi connectivity index (χ4n) is 1.02. The Hall–Kier alpha value is -1.87. The highest BCUT2D eigenvalue weighted by Crippen LogP contribution is 2.09. The highest BCUT2D eigenvalue weighted by Gasteiger charge is 2.06. The Morgan fingerprint density at radius 1 is 1.31 bits per heavy atom. The first-order valence-corrected chi connectivity index (χ1v) is 3.80. The summed E-state index contributed by atoms with van der Waals surface area (Å²) in [5.74, 6) is -1.03. The Kier molecular flexibility index (Phi) is 3.00. The van der Waals surface area contributed by atoms with E-state index in [1.807, 2.05) is 12.1 Å². The van der Waals surface area contributed by atoms with Crippen molar-refractivity contribution in [3.05, 3.63) is 35.6 Å². The number of benzene rings is 1. The molecule has 0 heterocycles. The van der Waals surface area contributed by atoms with Crippen LogP contribution in [-0.2, 0) is 6.42 Å². The first kappa shape index (κ1) is 9.22. The van der Waals surface area contributed by atoms with Gasteiger partial charge in [0.2, 0.25) is 0 Å². The molecule has 0 aliphatic heterocycles. The lowest BCUT2D eigenvalue weighted by molar-refractivity contribution is 0.624. The number of hydrogen-bond acceptors (Lipinski definition) is 2. The first-order chi connectivity index (χ1) is 6.26. The lowest BCUT2D eigenvalue weighted by Crippen LogP contribution is -1.98. The molecule has 0 saturated heterocycles. The number of halogens is 1. The molecule has 2 nitrogen and oxygen atoms in total. The summed E-state index contributed by atoms with van der Waals surface area (Å²) in [7, 11) is 0. The first-order valence-electron chi connectivity index (χ1n) is 3.80. The summed E-state index contributed by atoms with van der Waals surface area (Å²) in [5, 5.41) is 17.0. The van der Waals surface area contributed by atoms with Gasteiger partial charge in [-0.1, -0.05) is 12.1 Å². The molecule has 0 unspecified atom stereocenters. The van der Waals surface area contributed by atoms with E-state index in [1.165, 1.54) is 12.1 Å². The SMILES string of the molecule is N#CC(C#N)Cc1cccc(F)c1. The van der Waals surface area contributed by atoms with E-state index < -0.39 is 5.92 Å². The summed E-state index contributed by atoms with van der Waals surface area (Å²) in [6.45, 7) is 0. The molecular formula is C10H7FN2. The van der Waals surface area contributed by atoms with E-state index in [0.717, 1.165) is 0 Å². The third-order valence-electron chi connectivity index (χ3n) is 1.64. The topological polar surface area (TPSA) is 47.6 Å². The van der Waals surface area contributed by atoms with Crippen molar-refractivity contribution in [2.24, 2.45) is 5.92 Å². The van der Waals surface area contributed by atoms with Crippen LogP contribution in [-0.4, -0.2) is 0 Å². The molecular weight excluding hydrogens is 167 g/mol. The Morgan fingerprint density at radius 2 is 2.00 bits per heavy atom. The Balaban J connectivity index is 2.76. The summed E-state index contributed by atoms with van der Waals surface area (Å²) in [5.41, 5.74) is 0.674. The van der Waals surface area contributed by atoms with Gasteiger partial charge in [0.05, 0.1) is 12.1 Å². The van der Waals surface area contributed by atoms with Crippen LogP contribution in [0.2, 0.25) is 0 Å². The van der Waals surface area contributed by atoms with Gasteiger partial charge in [0.15, 0.2) is 0 Å². The van der Waals surface area contributed by atoms with Crippen LogP contribution in [0.25, 0.3) is 0 Å². The average Bonchev–Trinajstić information content (AvgIpc) is 2.14. The van der Waals surface area contributed by atoms with E-state index in [0.29, 0.717) is 5.56 Å². The van der Waals surface area contributed by atoms with Gasteiger partial charge in [-0.15, -0.1) is 0 Å². The minimum absolute atomic E-state index is 0.282. The summed E-state index contributed by atoms with van der Waals surface area (Å²) in [4.78, 5) is 0. The molecule has 0 spiro atoms. The van der Waals surface area contributed by atoms with Gasteiger partial charge >= 0.3 is 0 Å². The molecule has 0 N–H and O–H groups in total. The van der Waals surface area contributed by atoms with Crippen molar-refractivity contribution in [3.63, 3.8) is 0 Å². The normalized spacial score (nSPS) is 9.23. The van der Waals surface area contributed by atoms with Gasteiger partial charge in [0, 0.05) is 6.42 Å². The highest BCUT2D eigenvalue weighted by molar-refractivity contribution is 5.19. The molecule has 13 heavy (non-hydrogen) atoms. The number of nitrogens with zero attached hydrogens (tertiary/aromatic N) is 2. The van der Waals surface area contributed by atoms with E-state index in [9.17, 15) is 4.39 Å². The predicted octanol–water partition coefficient (Wildman–Crippen LogP) is 2.03. The molecule has 0 amide bonds. The van der Waals surface area contributed by atoms with Crippen molar-refractivity contribution in [3.8, 4) is 12.1 Å². The fraction of sp³-hybridized carbons (Fsp3) is 0.200. The van der Waals surface area contributed by atoms with Crippen molar-refractivity contribution in [2.45, 2.75) is 6.42 Å². The number of rotatable bonds is 2. The van der Waals surface area contributed by atoms with Gasteiger partial charge in [-0.05, 0) is 17.7 Å². The molecule has 0 saturated carbocycles. The Morgan fingerprint density at radius 3 is 2.54 bits per heavy atom. The second-order valence-corrected chi connectivity index (χ2v) is 2.64. The summed E-state index contributed by atoms with van der Waals surface area (Å²) >= 11 is 0. The maximum absolute atomic E-state index is 12.7. The Labute approximate surface area is 75.8 Å². The molecule has 1 rings (SSSR count). The van der Waals surface area contributed by atoms with Crippen LogP contribution in [0, 0.1) is 34.4 Å². The minimum atomic E-state index is -0.693. The van der Waals surface area contributed by atoms with Crippen molar-refractivity contribution < 1.29 is 4.39 Å². The van der Waals surface area contributed by atoms with Gasteiger partial charge in [-0.25, -0.2) is 4.39 Å². The number of hydrogen-bond donors (Lipinski definition) is 0. The zero-order chi connectivity index (χ0) is 9.68. The largest absolute Gasteiger partial charge is 0.207 e. The van der Waals surface area contributed by atoms with Crippen molar-refractivity contribution in [2.75, 3.05) is 0 Å². The third kappa shape index (κ3) is 2.57. The monoisotopic (exact) mass is 174 g/mol. The van der Waals surface area contributed by atoms with E-state index >= 15 is 0 Å². The molecule has 1 aromatic rings. The summed E-state index contributed by atoms with van der Waals surface area (Å²) < 4.78 is 12.7. The van der Waals surface area contributed by atoms with Crippen molar-refractivity contribution in [1.82, 2.24) is 0 Å². The zero-order valence-electron chi connectivity index (χ0n) is 6.87. The van der Waals surface area contributed by atoms with E-state index in [-0.39, 0.29) is 12.2 Å². The average molecular weight is 174 g/mol. The van der Waals surface area contributed by atoms with Crippen LogP contribution in [0.1, 0.15) is 5.56 Å². The molecule has 1 aromatic carbocycles. The quantitative estimate of drug-likeness (QED) is 0.688. The minimum Gasteiger partial charge on any atom is -0.207 e. The van der Waals surface area contributed by atoms with Crippen LogP contribution < -0.4 is 0 Å². The van der Waals surface area contributed by atoms with Crippen LogP contribution >= 0.6 is 0 Å². The van der Waals surface area contributed by atoms with Gasteiger partial charge in [-0.3, -0.25) is 0 Å². The number of nitriles is 2. The Bertz CT molecular complexity index is 359. The maximum Gasteiger partial charge on any atom is 0.137 e. The van der Waals surface area contributed by atoms with Gasteiger partial charge in [-0.2, -0.15) is 10.5 Å². The molecule has 64 valence electrons. The van der Waals surface area contributed by atoms with Crippen LogP contribution in [0.15, 0.2) is 24.3 Å². The van der Waals surface area contributed by atoms with Crippen molar-refractivity contribution >= 4 is 0 Å². The second kappa shape index (κ2) is 4.23. The summed E-state index contributed by atoms with van der Waals surface area (Å²) in [6.07, 6.45) is 0.282. The van der Waals surface area contributed by atoms with Crippen LogP contribution in [0.3, 0.4) is 0 Å². The molecule has 0 aromatic heterocycles.